The van der Waals surface area contributed by atoms with Gasteiger partial charge >= 0.3 is 12.1 Å². The van der Waals surface area contributed by atoms with Crippen LogP contribution >= 0.6 is 12.4 Å². The third-order valence-corrected chi connectivity index (χ3v) is 1.23. The van der Waals surface area contributed by atoms with Crippen molar-refractivity contribution >= 4 is 24.5 Å². The van der Waals surface area contributed by atoms with Gasteiger partial charge in [0, 0.05) is 6.54 Å². The summed E-state index contributed by atoms with van der Waals surface area (Å²) >= 11 is 0. The molecule has 0 fully saturated rings. The first-order valence-electron chi connectivity index (χ1n) is 3.38. The molecular weight excluding hydrogens is 200 g/mol. The summed E-state index contributed by atoms with van der Waals surface area (Å²) < 4.78 is 4.25. The molecule has 0 radical (unpaired) electrons. The summed E-state index contributed by atoms with van der Waals surface area (Å²) in [6, 6.07) is -0.942. The predicted molar refractivity (Wildman–Crippen MR) is 47.9 cm³/mol. The average molecular weight is 213 g/mol. The number of amides is 1. The lowest BCUT2D eigenvalue weighted by atomic mass is 10.2. The van der Waals surface area contributed by atoms with Crippen molar-refractivity contribution in [2.75, 3.05) is 13.7 Å². The van der Waals surface area contributed by atoms with E-state index in [0.717, 1.165) is 0 Å². The van der Waals surface area contributed by atoms with Gasteiger partial charge in [0.25, 0.3) is 0 Å². The summed E-state index contributed by atoms with van der Waals surface area (Å²) in [4.78, 5) is 20.6. The maximum absolute atomic E-state index is 10.4. The first kappa shape index (κ1) is 14.5. The molecular formula is C6H13ClN2O4. The maximum Gasteiger partial charge on any atom is 0.406 e. The van der Waals surface area contributed by atoms with Gasteiger partial charge in [0.2, 0.25) is 0 Å². The molecule has 13 heavy (non-hydrogen) atoms. The van der Waals surface area contributed by atoms with E-state index in [4.69, 9.17) is 10.8 Å². The number of halogens is 1. The van der Waals surface area contributed by atoms with E-state index in [9.17, 15) is 9.59 Å². The van der Waals surface area contributed by atoms with Crippen LogP contribution in [0.4, 0.5) is 4.79 Å². The molecule has 0 saturated carbocycles. The minimum atomic E-state index is -1.08. The number of ether oxygens (including phenoxy) is 1. The van der Waals surface area contributed by atoms with Gasteiger partial charge in [-0.3, -0.25) is 4.79 Å². The van der Waals surface area contributed by atoms with E-state index in [1.54, 1.807) is 0 Å². The number of carbonyl (C=O) groups excluding carboxylic acids is 1. The van der Waals surface area contributed by atoms with Gasteiger partial charge in [-0.25, -0.2) is 4.79 Å². The summed E-state index contributed by atoms with van der Waals surface area (Å²) in [7, 11) is 1.23. The molecule has 4 N–H and O–H groups in total. The van der Waals surface area contributed by atoms with Crippen molar-refractivity contribution in [3.8, 4) is 0 Å². The number of nitrogens with one attached hydrogen (secondary N) is 1. The van der Waals surface area contributed by atoms with E-state index < -0.39 is 18.1 Å². The Hall–Kier alpha value is -1.01. The molecule has 78 valence electrons. The lowest BCUT2D eigenvalue weighted by Gasteiger charge is -2.06. The number of methoxy groups -OCH3 is 1. The molecule has 6 nitrogen and oxygen atoms in total. The first-order chi connectivity index (χ1) is 5.57. The molecule has 0 heterocycles. The standard InChI is InChI=1S/C6H12N2O4.ClH/c1-12-6(11)8-3-2-4(7)5(9)10;/h4H,2-3,7H2,1H3,(H,8,11)(H,9,10);1H. The molecule has 0 aromatic carbocycles. The van der Waals surface area contributed by atoms with Crippen molar-refractivity contribution < 1.29 is 19.4 Å². The van der Waals surface area contributed by atoms with E-state index >= 15 is 0 Å². The zero-order valence-corrected chi connectivity index (χ0v) is 7.97. The Morgan fingerprint density at radius 2 is 2.15 bits per heavy atom. The largest absolute Gasteiger partial charge is 0.480 e. The van der Waals surface area contributed by atoms with Gasteiger partial charge in [-0.05, 0) is 6.42 Å². The highest BCUT2D eigenvalue weighted by molar-refractivity contribution is 5.85. The summed E-state index contributed by atoms with van der Waals surface area (Å²) in [5.74, 6) is -1.08. The molecule has 0 saturated heterocycles. The summed E-state index contributed by atoms with van der Waals surface area (Å²) in [5.41, 5.74) is 5.15. The summed E-state index contributed by atoms with van der Waals surface area (Å²) in [6.07, 6.45) is -0.405. The zero-order chi connectivity index (χ0) is 9.56. The zero-order valence-electron chi connectivity index (χ0n) is 7.15. The fourth-order valence-corrected chi connectivity index (χ4v) is 0.525. The van der Waals surface area contributed by atoms with E-state index in [-0.39, 0.29) is 25.4 Å². The van der Waals surface area contributed by atoms with Crippen molar-refractivity contribution in [3.05, 3.63) is 0 Å². The second-order valence-corrected chi connectivity index (χ2v) is 2.15. The Labute approximate surface area is 81.8 Å². The van der Waals surface area contributed by atoms with E-state index in [2.05, 4.69) is 10.1 Å². The molecule has 0 spiro atoms. The van der Waals surface area contributed by atoms with Gasteiger partial charge in [-0.1, -0.05) is 0 Å². The van der Waals surface area contributed by atoms with Gasteiger partial charge in [0.15, 0.2) is 0 Å². The minimum absolute atomic E-state index is 0. The number of carboxylic acid groups (broad SMARTS) is 1. The Bertz CT molecular complexity index is 176. The third kappa shape index (κ3) is 7.35. The quantitative estimate of drug-likeness (QED) is 0.587. The molecule has 1 unspecified atom stereocenters. The molecule has 0 aromatic rings. The van der Waals surface area contributed by atoms with Crippen LogP contribution in [-0.4, -0.2) is 36.9 Å². The molecule has 1 amide bonds. The number of rotatable bonds is 4. The van der Waals surface area contributed by atoms with Crippen LogP contribution in [0.2, 0.25) is 0 Å². The Kier molecular flexibility index (Phi) is 8.52. The van der Waals surface area contributed by atoms with Gasteiger partial charge in [0.05, 0.1) is 7.11 Å². The highest BCUT2D eigenvalue weighted by Crippen LogP contribution is 1.85. The molecule has 7 heteroatoms. The van der Waals surface area contributed by atoms with Gasteiger partial charge in [-0.2, -0.15) is 0 Å². The molecule has 0 rings (SSSR count). The lowest BCUT2D eigenvalue weighted by Crippen LogP contribution is -2.35. The van der Waals surface area contributed by atoms with Crippen LogP contribution < -0.4 is 11.1 Å². The molecule has 0 bridgehead atoms. The third-order valence-electron chi connectivity index (χ3n) is 1.23. The Morgan fingerprint density at radius 1 is 1.62 bits per heavy atom. The second-order valence-electron chi connectivity index (χ2n) is 2.15. The van der Waals surface area contributed by atoms with Crippen molar-refractivity contribution in [1.29, 1.82) is 0 Å². The topological polar surface area (TPSA) is 102 Å². The van der Waals surface area contributed by atoms with Gasteiger partial charge < -0.3 is 20.9 Å². The Balaban J connectivity index is 0. The molecule has 0 aliphatic heterocycles. The van der Waals surface area contributed by atoms with Crippen LogP contribution in [0.3, 0.4) is 0 Å². The molecule has 1 atom stereocenters. The predicted octanol–water partition coefficient (Wildman–Crippen LogP) is -0.434. The van der Waals surface area contributed by atoms with Crippen LogP contribution in [0, 0.1) is 0 Å². The monoisotopic (exact) mass is 212 g/mol. The van der Waals surface area contributed by atoms with Crippen LogP contribution in [0.15, 0.2) is 0 Å². The fraction of sp³-hybridized carbons (Fsp3) is 0.667. The maximum atomic E-state index is 10.4. The number of aliphatic carboxylic acids is 1. The number of hydrogen-bond acceptors (Lipinski definition) is 4. The minimum Gasteiger partial charge on any atom is -0.480 e. The first-order valence-corrected chi connectivity index (χ1v) is 3.38. The summed E-state index contributed by atoms with van der Waals surface area (Å²) in [6.45, 7) is 0.195. The summed E-state index contributed by atoms with van der Waals surface area (Å²) in [5, 5.41) is 10.6. The Morgan fingerprint density at radius 3 is 2.54 bits per heavy atom. The lowest BCUT2D eigenvalue weighted by molar-refractivity contribution is -0.138. The molecule has 0 aliphatic carbocycles. The van der Waals surface area contributed by atoms with Crippen LogP contribution in [0.5, 0.6) is 0 Å². The van der Waals surface area contributed by atoms with Crippen LogP contribution in [-0.2, 0) is 9.53 Å². The van der Waals surface area contributed by atoms with Crippen molar-refractivity contribution in [2.45, 2.75) is 12.5 Å². The van der Waals surface area contributed by atoms with Crippen LogP contribution in [0.25, 0.3) is 0 Å². The highest BCUT2D eigenvalue weighted by Gasteiger charge is 2.10. The fourth-order valence-electron chi connectivity index (χ4n) is 0.525. The van der Waals surface area contributed by atoms with E-state index in [1.165, 1.54) is 7.11 Å². The van der Waals surface area contributed by atoms with Gasteiger partial charge in [-0.15, -0.1) is 12.4 Å². The number of carboxylic acids is 1. The van der Waals surface area contributed by atoms with Crippen molar-refractivity contribution in [2.24, 2.45) is 5.73 Å². The highest BCUT2D eigenvalue weighted by atomic mass is 35.5. The molecule has 0 aromatic heterocycles. The normalized spacial score (nSPS) is 10.9. The second kappa shape index (κ2) is 7.63. The number of nitrogens with two attached hydrogens (primary N) is 1. The van der Waals surface area contributed by atoms with Crippen molar-refractivity contribution in [3.63, 3.8) is 0 Å². The average Bonchev–Trinajstić information content (AvgIpc) is 2.03. The molecule has 0 aliphatic rings. The smallest absolute Gasteiger partial charge is 0.406 e. The SMILES string of the molecule is COC(=O)NCCC(N)C(=O)O.Cl. The number of alkyl carbamates (subject to hydrolysis) is 1. The van der Waals surface area contributed by atoms with Crippen LogP contribution in [0.1, 0.15) is 6.42 Å². The number of carbonyl (C=O) groups is 2. The van der Waals surface area contributed by atoms with Gasteiger partial charge in [0.1, 0.15) is 6.04 Å². The van der Waals surface area contributed by atoms with Crippen molar-refractivity contribution in [1.82, 2.24) is 5.32 Å². The van der Waals surface area contributed by atoms with E-state index in [1.807, 2.05) is 0 Å². The van der Waals surface area contributed by atoms with E-state index in [0.29, 0.717) is 0 Å². The number of hydrogen-bond donors (Lipinski definition) is 3.